The highest BCUT2D eigenvalue weighted by Gasteiger charge is 2.26. The minimum absolute atomic E-state index is 0.0136. The van der Waals surface area contributed by atoms with E-state index in [1.165, 1.54) is 12.3 Å². The van der Waals surface area contributed by atoms with Gasteiger partial charge in [-0.05, 0) is 25.0 Å². The summed E-state index contributed by atoms with van der Waals surface area (Å²) in [5.74, 6) is -0.0944. The zero-order valence-corrected chi connectivity index (χ0v) is 11.2. The van der Waals surface area contributed by atoms with Crippen LogP contribution in [-0.4, -0.2) is 36.9 Å². The molecule has 1 unspecified atom stereocenters. The van der Waals surface area contributed by atoms with Crippen molar-refractivity contribution < 1.29 is 13.2 Å². The third-order valence-corrected chi connectivity index (χ3v) is 4.83. The van der Waals surface area contributed by atoms with Crippen LogP contribution in [0.3, 0.4) is 0 Å². The number of amides is 1. The Morgan fingerprint density at radius 1 is 1.44 bits per heavy atom. The highest BCUT2D eigenvalue weighted by atomic mass is 35.5. The molecule has 0 aromatic carbocycles. The standard InChI is InChI=1S/C11H13ClN2O3S/c12-10-4-3-8(6-13-10)11(15)14-9-2-1-5-18(16,17)7-9/h3-4,6,9H,1-2,5,7H2,(H,14,15). The van der Waals surface area contributed by atoms with Crippen LogP contribution in [0.5, 0.6) is 0 Å². The van der Waals surface area contributed by atoms with Gasteiger partial charge in [0.25, 0.3) is 5.91 Å². The molecule has 1 N–H and O–H groups in total. The smallest absolute Gasteiger partial charge is 0.253 e. The number of nitrogens with one attached hydrogen (secondary N) is 1. The normalized spacial score (nSPS) is 22.4. The van der Waals surface area contributed by atoms with Crippen LogP contribution in [0.4, 0.5) is 0 Å². The van der Waals surface area contributed by atoms with Gasteiger partial charge in [-0.2, -0.15) is 0 Å². The third-order valence-electron chi connectivity index (χ3n) is 2.79. The number of rotatable bonds is 2. The molecule has 0 radical (unpaired) electrons. The van der Waals surface area contributed by atoms with E-state index in [0.29, 0.717) is 23.6 Å². The number of sulfone groups is 1. The van der Waals surface area contributed by atoms with Crippen LogP contribution in [-0.2, 0) is 9.84 Å². The van der Waals surface area contributed by atoms with E-state index in [-0.39, 0.29) is 23.5 Å². The molecule has 18 heavy (non-hydrogen) atoms. The summed E-state index contributed by atoms with van der Waals surface area (Å²) < 4.78 is 22.9. The molecule has 7 heteroatoms. The van der Waals surface area contributed by atoms with E-state index in [9.17, 15) is 13.2 Å². The van der Waals surface area contributed by atoms with Crippen molar-refractivity contribution in [2.75, 3.05) is 11.5 Å². The number of carbonyl (C=O) groups excluding carboxylic acids is 1. The van der Waals surface area contributed by atoms with Gasteiger partial charge in [0.05, 0.1) is 17.1 Å². The summed E-state index contributed by atoms with van der Waals surface area (Å²) in [6.07, 6.45) is 2.65. The number of carbonyl (C=O) groups is 1. The van der Waals surface area contributed by atoms with Crippen molar-refractivity contribution >= 4 is 27.3 Å². The number of halogens is 1. The SMILES string of the molecule is O=C(NC1CCCS(=O)(=O)C1)c1ccc(Cl)nc1. The molecule has 1 atom stereocenters. The molecular weight excluding hydrogens is 276 g/mol. The second kappa shape index (κ2) is 5.24. The Labute approximate surface area is 110 Å². The van der Waals surface area contributed by atoms with E-state index < -0.39 is 9.84 Å². The summed E-state index contributed by atoms with van der Waals surface area (Å²) in [7, 11) is -3.02. The van der Waals surface area contributed by atoms with Gasteiger partial charge in [-0.3, -0.25) is 4.79 Å². The van der Waals surface area contributed by atoms with Gasteiger partial charge in [0, 0.05) is 12.2 Å². The zero-order valence-electron chi connectivity index (χ0n) is 9.60. The largest absolute Gasteiger partial charge is 0.348 e. The molecule has 1 saturated heterocycles. The number of hydrogen-bond acceptors (Lipinski definition) is 4. The topological polar surface area (TPSA) is 76.1 Å². The molecule has 1 aromatic rings. The van der Waals surface area contributed by atoms with Gasteiger partial charge in [0.1, 0.15) is 5.15 Å². The maximum Gasteiger partial charge on any atom is 0.253 e. The fourth-order valence-corrected chi connectivity index (χ4v) is 3.66. The van der Waals surface area contributed by atoms with Crippen LogP contribution in [0, 0.1) is 0 Å². The Balaban J connectivity index is 2.01. The van der Waals surface area contributed by atoms with E-state index >= 15 is 0 Å². The molecule has 2 rings (SSSR count). The van der Waals surface area contributed by atoms with Crippen LogP contribution in [0.25, 0.3) is 0 Å². The molecule has 1 fully saturated rings. The van der Waals surface area contributed by atoms with Gasteiger partial charge in [0.15, 0.2) is 9.84 Å². The summed E-state index contributed by atoms with van der Waals surface area (Å²) in [4.78, 5) is 15.7. The molecule has 0 aliphatic carbocycles. The van der Waals surface area contributed by atoms with E-state index in [0.717, 1.165) is 0 Å². The van der Waals surface area contributed by atoms with Gasteiger partial charge >= 0.3 is 0 Å². The maximum absolute atomic E-state index is 11.8. The Morgan fingerprint density at radius 2 is 2.22 bits per heavy atom. The zero-order chi connectivity index (χ0) is 13.2. The molecule has 0 bridgehead atoms. The summed E-state index contributed by atoms with van der Waals surface area (Å²) in [6.45, 7) is 0. The molecule has 0 saturated carbocycles. The molecule has 1 aliphatic heterocycles. The maximum atomic E-state index is 11.8. The lowest BCUT2D eigenvalue weighted by molar-refractivity contribution is 0.0938. The van der Waals surface area contributed by atoms with Crippen LogP contribution >= 0.6 is 11.6 Å². The quantitative estimate of drug-likeness (QED) is 0.825. The fraction of sp³-hybridized carbons (Fsp3) is 0.455. The predicted octanol–water partition coefficient (Wildman–Crippen LogP) is 1.04. The first-order valence-corrected chi connectivity index (χ1v) is 7.79. The average molecular weight is 289 g/mol. The van der Waals surface area contributed by atoms with Crippen molar-refractivity contribution in [3.8, 4) is 0 Å². The van der Waals surface area contributed by atoms with Gasteiger partial charge < -0.3 is 5.32 Å². The number of aromatic nitrogens is 1. The van der Waals surface area contributed by atoms with Gasteiger partial charge in [0.2, 0.25) is 0 Å². The van der Waals surface area contributed by atoms with Crippen molar-refractivity contribution in [1.29, 1.82) is 0 Å². The third kappa shape index (κ3) is 3.43. The first-order chi connectivity index (χ1) is 8.46. The molecular formula is C11H13ClN2O3S. The molecule has 1 aromatic heterocycles. The summed E-state index contributed by atoms with van der Waals surface area (Å²) in [5.41, 5.74) is 0.377. The fourth-order valence-electron chi connectivity index (χ4n) is 1.92. The van der Waals surface area contributed by atoms with Crippen LogP contribution < -0.4 is 5.32 Å². The predicted molar refractivity (Wildman–Crippen MR) is 68.4 cm³/mol. The van der Waals surface area contributed by atoms with Crippen LogP contribution in [0.15, 0.2) is 18.3 Å². The average Bonchev–Trinajstić information content (AvgIpc) is 2.28. The van der Waals surface area contributed by atoms with Crippen molar-refractivity contribution in [3.05, 3.63) is 29.0 Å². The highest BCUT2D eigenvalue weighted by Crippen LogP contribution is 2.13. The van der Waals surface area contributed by atoms with Crippen molar-refractivity contribution in [3.63, 3.8) is 0 Å². The Kier molecular flexibility index (Phi) is 3.87. The lowest BCUT2D eigenvalue weighted by Crippen LogP contribution is -2.43. The first kappa shape index (κ1) is 13.3. The summed E-state index contributed by atoms with van der Waals surface area (Å²) >= 11 is 5.62. The lowest BCUT2D eigenvalue weighted by Gasteiger charge is -2.22. The Morgan fingerprint density at radius 3 is 2.83 bits per heavy atom. The molecule has 0 spiro atoms. The van der Waals surface area contributed by atoms with Crippen molar-refractivity contribution in [2.24, 2.45) is 0 Å². The van der Waals surface area contributed by atoms with Crippen molar-refractivity contribution in [2.45, 2.75) is 18.9 Å². The number of nitrogens with zero attached hydrogens (tertiary/aromatic N) is 1. The van der Waals surface area contributed by atoms with E-state index in [2.05, 4.69) is 10.3 Å². The monoisotopic (exact) mass is 288 g/mol. The van der Waals surface area contributed by atoms with Gasteiger partial charge in [-0.1, -0.05) is 11.6 Å². The van der Waals surface area contributed by atoms with E-state index in [1.807, 2.05) is 0 Å². The molecule has 2 heterocycles. The minimum atomic E-state index is -3.02. The Hall–Kier alpha value is -1.14. The molecule has 1 aliphatic rings. The van der Waals surface area contributed by atoms with Crippen LogP contribution in [0.1, 0.15) is 23.2 Å². The van der Waals surface area contributed by atoms with Gasteiger partial charge in [-0.25, -0.2) is 13.4 Å². The number of hydrogen-bond donors (Lipinski definition) is 1. The summed E-state index contributed by atoms with van der Waals surface area (Å²) in [6, 6.07) is 2.77. The second-order valence-corrected chi connectivity index (χ2v) is 6.91. The number of pyridine rings is 1. The lowest BCUT2D eigenvalue weighted by atomic mass is 10.1. The molecule has 98 valence electrons. The van der Waals surface area contributed by atoms with Crippen LogP contribution in [0.2, 0.25) is 5.15 Å². The minimum Gasteiger partial charge on any atom is -0.348 e. The molecule has 1 amide bonds. The van der Waals surface area contributed by atoms with Crippen molar-refractivity contribution in [1.82, 2.24) is 10.3 Å². The van der Waals surface area contributed by atoms with E-state index in [4.69, 9.17) is 11.6 Å². The Bertz CT molecular complexity index is 542. The van der Waals surface area contributed by atoms with E-state index in [1.54, 1.807) is 6.07 Å². The second-order valence-electron chi connectivity index (χ2n) is 4.30. The highest BCUT2D eigenvalue weighted by molar-refractivity contribution is 7.91. The van der Waals surface area contributed by atoms with Gasteiger partial charge in [-0.15, -0.1) is 0 Å². The molecule has 5 nitrogen and oxygen atoms in total. The summed E-state index contributed by atoms with van der Waals surface area (Å²) in [5, 5.41) is 3.02. The first-order valence-electron chi connectivity index (χ1n) is 5.59.